The zero-order valence-corrected chi connectivity index (χ0v) is 22.2. The molecule has 5 rings (SSSR count). The molecule has 2 fully saturated rings. The van der Waals surface area contributed by atoms with Crippen molar-refractivity contribution in [3.8, 4) is 0 Å². The van der Waals surface area contributed by atoms with Crippen LogP contribution in [0, 0.1) is 17.6 Å². The predicted octanol–water partition coefficient (Wildman–Crippen LogP) is 5.15. The Morgan fingerprint density at radius 3 is 2.13 bits per heavy atom. The van der Waals surface area contributed by atoms with Gasteiger partial charge >= 0.3 is 5.97 Å². The smallest absolute Gasteiger partial charge is 0.349 e. The predicted molar refractivity (Wildman–Crippen MR) is 138 cm³/mol. The molecule has 0 bridgehead atoms. The van der Waals surface area contributed by atoms with Crippen molar-refractivity contribution in [3.05, 3.63) is 83.0 Å². The summed E-state index contributed by atoms with van der Waals surface area (Å²) in [5.41, 5.74) is 7.57. The average molecular weight is 583 g/mol. The van der Waals surface area contributed by atoms with Crippen molar-refractivity contribution in [2.45, 2.75) is 36.8 Å². The van der Waals surface area contributed by atoms with Crippen LogP contribution in [0.25, 0.3) is 0 Å². The summed E-state index contributed by atoms with van der Waals surface area (Å²) in [6.07, 6.45) is 1.13. The number of oxime groups is 1. The topological polar surface area (TPSA) is 122 Å². The molecule has 2 saturated heterocycles. The summed E-state index contributed by atoms with van der Waals surface area (Å²) in [5, 5.41) is 7.44. The quantitative estimate of drug-likeness (QED) is 0.133. The second kappa shape index (κ2) is 13.8. The van der Waals surface area contributed by atoms with E-state index in [4.69, 9.17) is 42.9 Å². The van der Waals surface area contributed by atoms with Gasteiger partial charge in [0.2, 0.25) is 5.89 Å². The molecular formula is C26H26Cl2F2N4O5. The molecule has 208 valence electrons. The number of ether oxygens (including phenoxy) is 2. The molecule has 3 heterocycles. The van der Waals surface area contributed by atoms with Crippen LogP contribution < -0.4 is 5.73 Å². The summed E-state index contributed by atoms with van der Waals surface area (Å²) < 4.78 is 42.0. The van der Waals surface area contributed by atoms with Gasteiger partial charge in [-0.15, -0.1) is 23.2 Å². The van der Waals surface area contributed by atoms with Gasteiger partial charge in [-0.25, -0.2) is 13.6 Å². The Bertz CT molecular complexity index is 1260. The summed E-state index contributed by atoms with van der Waals surface area (Å²) in [6, 6.07) is 12.5. The molecular weight excluding hydrogens is 557 g/mol. The number of amidine groups is 1. The number of nitrogens with two attached hydrogens (primary N) is 1. The van der Waals surface area contributed by atoms with Crippen molar-refractivity contribution in [2.24, 2.45) is 16.8 Å². The normalized spacial score (nSPS) is 22.8. The molecule has 0 saturated carbocycles. The van der Waals surface area contributed by atoms with Gasteiger partial charge in [0.1, 0.15) is 29.2 Å². The van der Waals surface area contributed by atoms with E-state index in [9.17, 15) is 13.6 Å². The van der Waals surface area contributed by atoms with Crippen LogP contribution in [-0.4, -0.2) is 41.0 Å². The number of hydrogen-bond donors (Lipinski definition) is 1. The maximum Gasteiger partial charge on any atom is 0.349 e. The van der Waals surface area contributed by atoms with Crippen LogP contribution in [0.1, 0.15) is 53.8 Å². The van der Waals surface area contributed by atoms with Gasteiger partial charge in [0.15, 0.2) is 5.82 Å². The molecule has 0 radical (unpaired) electrons. The third kappa shape index (κ3) is 7.95. The van der Waals surface area contributed by atoms with Gasteiger partial charge in [-0.3, -0.25) is 0 Å². The first-order valence-electron chi connectivity index (χ1n) is 12.1. The van der Waals surface area contributed by atoms with E-state index in [-0.39, 0.29) is 53.3 Å². The summed E-state index contributed by atoms with van der Waals surface area (Å²) in [4.78, 5) is 19.6. The van der Waals surface area contributed by atoms with Crippen LogP contribution in [0.3, 0.4) is 0 Å². The van der Waals surface area contributed by atoms with Gasteiger partial charge in [0, 0.05) is 11.8 Å². The maximum absolute atomic E-state index is 12.9. The van der Waals surface area contributed by atoms with Gasteiger partial charge in [-0.05, 0) is 48.2 Å². The minimum atomic E-state index is -0.663. The molecule has 2 aliphatic heterocycles. The Labute approximate surface area is 233 Å². The van der Waals surface area contributed by atoms with E-state index >= 15 is 0 Å². The van der Waals surface area contributed by atoms with Gasteiger partial charge in [-0.2, -0.15) is 4.98 Å². The molecule has 2 aromatic carbocycles. The first-order chi connectivity index (χ1) is 18.9. The summed E-state index contributed by atoms with van der Waals surface area (Å²) in [5.74, 6) is -0.0960. The highest BCUT2D eigenvalue weighted by atomic mass is 35.5. The van der Waals surface area contributed by atoms with E-state index in [0.29, 0.717) is 31.3 Å². The number of halogens is 4. The van der Waals surface area contributed by atoms with E-state index in [0.717, 1.165) is 17.5 Å². The van der Waals surface area contributed by atoms with Gasteiger partial charge in [0.05, 0.1) is 25.4 Å². The Kier molecular flexibility index (Phi) is 10.2. The summed E-state index contributed by atoms with van der Waals surface area (Å²) in [7, 11) is 0. The minimum absolute atomic E-state index is 0.0523. The van der Waals surface area contributed by atoms with Crippen molar-refractivity contribution < 1.29 is 32.4 Å². The molecule has 0 spiro atoms. The largest absolute Gasteiger partial charge is 0.384 e. The highest BCUT2D eigenvalue weighted by molar-refractivity contribution is 6.26. The molecule has 0 amide bonds. The Balaban J connectivity index is 0.000000181. The molecule has 0 aliphatic carbocycles. The number of nitrogens with zero attached hydrogens (tertiary/aromatic N) is 3. The van der Waals surface area contributed by atoms with Crippen molar-refractivity contribution in [2.75, 3.05) is 19.1 Å². The molecule has 1 aromatic heterocycles. The first-order valence-corrected chi connectivity index (χ1v) is 13.1. The van der Waals surface area contributed by atoms with Crippen LogP contribution in [0.15, 0.2) is 58.2 Å². The van der Waals surface area contributed by atoms with E-state index < -0.39 is 5.97 Å². The van der Waals surface area contributed by atoms with Crippen molar-refractivity contribution >= 4 is 35.0 Å². The molecule has 2 N–H and O–H groups in total. The number of aromatic nitrogens is 2. The lowest BCUT2D eigenvalue weighted by atomic mass is 10.00. The van der Waals surface area contributed by atoms with E-state index in [2.05, 4.69) is 20.1 Å². The van der Waals surface area contributed by atoms with Crippen molar-refractivity contribution in [1.29, 1.82) is 0 Å². The number of rotatable bonds is 7. The van der Waals surface area contributed by atoms with Crippen LogP contribution in [0.2, 0.25) is 0 Å². The molecule has 13 heteroatoms. The van der Waals surface area contributed by atoms with Crippen LogP contribution in [-0.2, 0) is 25.0 Å². The van der Waals surface area contributed by atoms with Crippen LogP contribution in [0.5, 0.6) is 0 Å². The maximum atomic E-state index is 12.9. The summed E-state index contributed by atoms with van der Waals surface area (Å²) in [6.45, 7) is 0.902. The van der Waals surface area contributed by atoms with Gasteiger partial charge < -0.3 is 24.6 Å². The lowest BCUT2D eigenvalue weighted by molar-refractivity contribution is -0.140. The highest BCUT2D eigenvalue weighted by Crippen LogP contribution is 2.37. The highest BCUT2D eigenvalue weighted by Gasteiger charge is 2.31. The number of carbonyl (C=O) groups excluding carboxylic acids is 1. The number of carbonyl (C=O) groups is 1. The molecule has 9 nitrogen and oxygen atoms in total. The van der Waals surface area contributed by atoms with Crippen molar-refractivity contribution in [3.63, 3.8) is 0 Å². The molecule has 0 unspecified atom stereocenters. The first kappa shape index (κ1) is 28.9. The van der Waals surface area contributed by atoms with Crippen LogP contribution >= 0.6 is 23.2 Å². The molecule has 2 aliphatic rings. The third-order valence-electron chi connectivity index (χ3n) is 6.22. The lowest BCUT2D eigenvalue weighted by Crippen LogP contribution is -2.24. The summed E-state index contributed by atoms with van der Waals surface area (Å²) >= 11 is 10.9. The fourth-order valence-corrected chi connectivity index (χ4v) is 4.31. The second-order valence-corrected chi connectivity index (χ2v) is 9.44. The van der Waals surface area contributed by atoms with Crippen molar-refractivity contribution in [1.82, 2.24) is 10.1 Å². The number of alkyl halides is 2. The van der Waals surface area contributed by atoms with E-state index in [1.165, 1.54) is 24.3 Å². The van der Waals surface area contributed by atoms with Gasteiger partial charge in [0.25, 0.3) is 0 Å². The average Bonchev–Trinajstić information content (AvgIpc) is 3.73. The number of hydrogen-bond acceptors (Lipinski definition) is 8. The van der Waals surface area contributed by atoms with E-state index in [1.807, 2.05) is 0 Å². The zero-order valence-electron chi connectivity index (χ0n) is 20.6. The number of benzene rings is 2. The third-order valence-corrected chi connectivity index (χ3v) is 6.67. The van der Waals surface area contributed by atoms with Gasteiger partial charge in [-0.1, -0.05) is 34.6 Å². The SMILES string of the molecule is Fc1ccc([C@H]2C[C@H](c3noc(CCl)n3)CO2)cc1.N/C(=N\OC(=O)CCl)[C@@H]1CO[C@@H](c2ccc(F)cc2)C1. The molecule has 39 heavy (non-hydrogen) atoms. The second-order valence-electron chi connectivity index (χ2n) is 8.91. The fraction of sp³-hybridized carbons (Fsp3) is 0.385. The molecule has 3 aromatic rings. The minimum Gasteiger partial charge on any atom is -0.384 e. The van der Waals surface area contributed by atoms with Crippen LogP contribution in [0.4, 0.5) is 8.78 Å². The Morgan fingerprint density at radius 1 is 0.974 bits per heavy atom. The zero-order chi connectivity index (χ0) is 27.8. The molecule has 4 atom stereocenters. The Hall–Kier alpha value is -3.12. The fourth-order valence-electron chi connectivity index (χ4n) is 4.15. The van der Waals surface area contributed by atoms with E-state index in [1.54, 1.807) is 24.3 Å². The monoisotopic (exact) mass is 582 g/mol. The Morgan fingerprint density at radius 2 is 1.56 bits per heavy atom. The standard InChI is InChI=1S/C13H14ClFN2O3.C13H12ClFN2O2/c14-6-12(18)20-17-13(16)9-5-11(19-7-9)8-1-3-10(15)4-2-8;14-6-12-16-13(17-19-12)9-5-11(18-7-9)8-1-3-10(15)4-2-8/h1-4,9,11H,5-7H2,(H2,16,17);1-4,9,11H,5-7H2/t2*9-,11+/m00/s1. The lowest BCUT2D eigenvalue weighted by Gasteiger charge is -2.09.